The minimum Gasteiger partial charge on any atom is -0.446 e. The van der Waals surface area contributed by atoms with Gasteiger partial charge >= 0.3 is 0 Å². The van der Waals surface area contributed by atoms with E-state index in [1.165, 1.54) is 18.5 Å². The first kappa shape index (κ1) is 6.66. The molecule has 12 heavy (non-hydrogen) atoms. The molecule has 3 heteroatoms. The van der Waals surface area contributed by atoms with Gasteiger partial charge in [-0.05, 0) is 12.8 Å². The van der Waals surface area contributed by atoms with E-state index in [0.717, 1.165) is 18.1 Å². The Hall–Kier alpha value is -0.830. The van der Waals surface area contributed by atoms with Crippen molar-refractivity contribution in [3.05, 3.63) is 17.3 Å². The quantitative estimate of drug-likeness (QED) is 0.628. The molecular weight excluding hydrogens is 152 g/mol. The zero-order chi connectivity index (χ0) is 8.13. The Labute approximate surface area is 71.2 Å². The summed E-state index contributed by atoms with van der Waals surface area (Å²) >= 11 is 0. The fourth-order valence-electron chi connectivity index (χ4n) is 2.32. The maximum Gasteiger partial charge on any atom is 0.191 e. The van der Waals surface area contributed by atoms with Gasteiger partial charge in [0.2, 0.25) is 0 Å². The van der Waals surface area contributed by atoms with Crippen LogP contribution in [0.2, 0.25) is 0 Å². The van der Waals surface area contributed by atoms with E-state index in [4.69, 9.17) is 4.42 Å². The second-order valence-corrected chi connectivity index (χ2v) is 3.74. The second kappa shape index (κ2) is 2.10. The monoisotopic (exact) mass is 164 g/mol. The van der Waals surface area contributed by atoms with Crippen LogP contribution in [0.25, 0.3) is 0 Å². The van der Waals surface area contributed by atoms with E-state index >= 15 is 0 Å². The lowest BCUT2D eigenvalue weighted by molar-refractivity contribution is 0.416. The van der Waals surface area contributed by atoms with Crippen molar-refractivity contribution < 1.29 is 4.42 Å². The van der Waals surface area contributed by atoms with Gasteiger partial charge in [-0.25, -0.2) is 4.98 Å². The van der Waals surface area contributed by atoms with Crippen LogP contribution in [0.5, 0.6) is 0 Å². The predicted octanol–water partition coefficient (Wildman–Crippen LogP) is 1.33. The Morgan fingerprint density at radius 2 is 2.42 bits per heavy atom. The molecule has 1 fully saturated rings. The van der Waals surface area contributed by atoms with Crippen LogP contribution in [0.1, 0.15) is 36.2 Å². The number of hydrogen-bond donors (Lipinski definition) is 1. The number of aryl methyl sites for hydroxylation is 1. The summed E-state index contributed by atoms with van der Waals surface area (Å²) < 4.78 is 5.54. The third-order valence-corrected chi connectivity index (χ3v) is 2.84. The molecular formula is C9H12N2O. The minimum absolute atomic E-state index is 0.483. The molecule has 3 nitrogen and oxygen atoms in total. The van der Waals surface area contributed by atoms with E-state index in [9.17, 15) is 0 Å². The molecule has 3 heterocycles. The third kappa shape index (κ3) is 0.771. The first-order valence-electron chi connectivity index (χ1n) is 4.55. The Balaban J connectivity index is 2.11. The van der Waals surface area contributed by atoms with Gasteiger partial charge in [0.1, 0.15) is 5.76 Å². The predicted molar refractivity (Wildman–Crippen MR) is 43.8 cm³/mol. The van der Waals surface area contributed by atoms with Gasteiger partial charge in [0.25, 0.3) is 0 Å². The van der Waals surface area contributed by atoms with Gasteiger partial charge in [0, 0.05) is 19.4 Å². The van der Waals surface area contributed by atoms with Crippen molar-refractivity contribution in [2.24, 2.45) is 0 Å². The van der Waals surface area contributed by atoms with Gasteiger partial charge in [0.05, 0.1) is 11.7 Å². The summed E-state index contributed by atoms with van der Waals surface area (Å²) in [7, 11) is 0. The highest BCUT2D eigenvalue weighted by molar-refractivity contribution is 5.22. The van der Waals surface area contributed by atoms with E-state index in [1.807, 2.05) is 6.92 Å². The third-order valence-electron chi connectivity index (χ3n) is 2.84. The van der Waals surface area contributed by atoms with Crippen LogP contribution in [0.3, 0.4) is 0 Å². The highest BCUT2D eigenvalue weighted by Gasteiger charge is 2.35. The fraction of sp³-hybridized carbons (Fsp3) is 0.667. The Morgan fingerprint density at radius 1 is 1.50 bits per heavy atom. The molecule has 1 saturated heterocycles. The molecule has 0 aliphatic carbocycles. The molecule has 0 spiro atoms. The Morgan fingerprint density at radius 3 is 3.33 bits per heavy atom. The molecule has 2 aliphatic heterocycles. The fourth-order valence-corrected chi connectivity index (χ4v) is 2.32. The maximum absolute atomic E-state index is 5.54. The number of oxazole rings is 1. The molecule has 1 aromatic rings. The molecule has 0 saturated carbocycles. The minimum atomic E-state index is 0.483. The SMILES string of the molecule is Cc1nc2c(o1)CC1CCC2N1. The average molecular weight is 164 g/mol. The molecule has 3 rings (SSSR count). The molecule has 2 atom stereocenters. The molecule has 0 amide bonds. The summed E-state index contributed by atoms with van der Waals surface area (Å²) in [4.78, 5) is 4.40. The summed E-state index contributed by atoms with van der Waals surface area (Å²) in [6, 6.07) is 1.13. The van der Waals surface area contributed by atoms with Crippen LogP contribution in [0.4, 0.5) is 0 Å². The topological polar surface area (TPSA) is 38.1 Å². The zero-order valence-corrected chi connectivity index (χ0v) is 7.13. The highest BCUT2D eigenvalue weighted by Crippen LogP contribution is 2.35. The lowest BCUT2D eigenvalue weighted by Gasteiger charge is -2.18. The summed E-state index contributed by atoms with van der Waals surface area (Å²) in [5.74, 6) is 1.94. The first-order chi connectivity index (χ1) is 5.83. The van der Waals surface area contributed by atoms with Gasteiger partial charge < -0.3 is 9.73 Å². The molecule has 2 aliphatic rings. The van der Waals surface area contributed by atoms with E-state index in [0.29, 0.717) is 12.1 Å². The summed E-state index contributed by atoms with van der Waals surface area (Å²) in [6.45, 7) is 1.92. The van der Waals surface area contributed by atoms with Crippen molar-refractivity contribution in [1.82, 2.24) is 10.3 Å². The average Bonchev–Trinajstić information content (AvgIpc) is 2.57. The van der Waals surface area contributed by atoms with Crippen molar-refractivity contribution >= 4 is 0 Å². The lowest BCUT2D eigenvalue weighted by atomic mass is 10.1. The van der Waals surface area contributed by atoms with Crippen molar-refractivity contribution in [2.75, 3.05) is 0 Å². The maximum atomic E-state index is 5.54. The van der Waals surface area contributed by atoms with Crippen molar-refractivity contribution in [1.29, 1.82) is 0 Å². The van der Waals surface area contributed by atoms with Crippen LogP contribution < -0.4 is 5.32 Å². The van der Waals surface area contributed by atoms with Crippen LogP contribution in [0.15, 0.2) is 4.42 Å². The summed E-state index contributed by atoms with van der Waals surface area (Å²) in [5.41, 5.74) is 1.17. The molecule has 64 valence electrons. The van der Waals surface area contributed by atoms with E-state index in [1.54, 1.807) is 0 Å². The van der Waals surface area contributed by atoms with Crippen LogP contribution >= 0.6 is 0 Å². The van der Waals surface area contributed by atoms with Crippen molar-refractivity contribution in [3.63, 3.8) is 0 Å². The van der Waals surface area contributed by atoms with Crippen molar-refractivity contribution in [2.45, 2.75) is 38.3 Å². The van der Waals surface area contributed by atoms with Crippen LogP contribution in [-0.2, 0) is 6.42 Å². The highest BCUT2D eigenvalue weighted by atomic mass is 16.4. The zero-order valence-electron chi connectivity index (χ0n) is 7.13. The standard InChI is InChI=1S/C9H12N2O/c1-5-10-9-7-3-2-6(11-7)4-8(9)12-5/h6-7,11H,2-4H2,1H3. The number of fused-ring (bicyclic) bond motifs is 4. The lowest BCUT2D eigenvalue weighted by Crippen LogP contribution is -2.31. The summed E-state index contributed by atoms with van der Waals surface area (Å²) in [6.07, 6.45) is 3.53. The van der Waals surface area contributed by atoms with Gasteiger partial charge in [-0.3, -0.25) is 0 Å². The van der Waals surface area contributed by atoms with Gasteiger partial charge in [0.15, 0.2) is 5.89 Å². The first-order valence-corrected chi connectivity index (χ1v) is 4.55. The molecule has 1 aromatic heterocycles. The Bertz CT molecular complexity index is 318. The Kier molecular flexibility index (Phi) is 1.17. The van der Waals surface area contributed by atoms with Gasteiger partial charge in [-0.2, -0.15) is 0 Å². The molecule has 1 N–H and O–H groups in total. The molecule has 2 bridgehead atoms. The van der Waals surface area contributed by atoms with Crippen LogP contribution in [0, 0.1) is 6.92 Å². The van der Waals surface area contributed by atoms with E-state index in [-0.39, 0.29) is 0 Å². The molecule has 2 unspecified atom stereocenters. The smallest absolute Gasteiger partial charge is 0.191 e. The number of hydrogen-bond acceptors (Lipinski definition) is 3. The number of nitrogens with one attached hydrogen (secondary N) is 1. The molecule has 0 aromatic carbocycles. The largest absolute Gasteiger partial charge is 0.446 e. The van der Waals surface area contributed by atoms with Gasteiger partial charge in [-0.15, -0.1) is 0 Å². The second-order valence-electron chi connectivity index (χ2n) is 3.74. The van der Waals surface area contributed by atoms with E-state index in [2.05, 4.69) is 10.3 Å². The van der Waals surface area contributed by atoms with Crippen molar-refractivity contribution in [3.8, 4) is 0 Å². The summed E-state index contributed by atoms with van der Waals surface area (Å²) in [5, 5.41) is 3.54. The van der Waals surface area contributed by atoms with E-state index < -0.39 is 0 Å². The molecule has 0 radical (unpaired) electrons. The number of nitrogens with zero attached hydrogens (tertiary/aromatic N) is 1. The number of aromatic nitrogens is 1. The van der Waals surface area contributed by atoms with Gasteiger partial charge in [-0.1, -0.05) is 0 Å². The van der Waals surface area contributed by atoms with Crippen LogP contribution in [-0.4, -0.2) is 11.0 Å². The normalized spacial score (nSPS) is 32.1. The number of rotatable bonds is 0.